The molecule has 1 saturated heterocycles. The normalized spacial score (nSPS) is 18.0. The predicted octanol–water partition coefficient (Wildman–Crippen LogP) is 2.18. The lowest BCUT2D eigenvalue weighted by atomic mass is 10.1. The topological polar surface area (TPSA) is 75.4 Å². The number of sulfonamides is 1. The number of anilines is 1. The van der Waals surface area contributed by atoms with Crippen LogP contribution in [-0.4, -0.2) is 39.0 Å². The summed E-state index contributed by atoms with van der Waals surface area (Å²) < 4.78 is 28.3. The van der Waals surface area contributed by atoms with Crippen molar-refractivity contribution < 1.29 is 8.42 Å². The van der Waals surface area contributed by atoms with Crippen molar-refractivity contribution in [3.05, 3.63) is 22.7 Å². The zero-order chi connectivity index (χ0) is 15.5. The molecule has 0 bridgehead atoms. The maximum absolute atomic E-state index is 12.5. The Morgan fingerprint density at radius 2 is 2.05 bits per heavy atom. The number of piperidine rings is 1. The van der Waals surface area contributed by atoms with Crippen molar-refractivity contribution in [3.63, 3.8) is 0 Å². The van der Waals surface area contributed by atoms with Crippen LogP contribution in [0.15, 0.2) is 27.6 Å². The van der Waals surface area contributed by atoms with Crippen molar-refractivity contribution in [2.24, 2.45) is 0 Å². The van der Waals surface area contributed by atoms with E-state index in [1.165, 1.54) is 6.07 Å². The molecule has 2 rings (SSSR count). The van der Waals surface area contributed by atoms with Crippen LogP contribution < -0.4 is 10.5 Å². The average molecular weight is 376 g/mol. The molecule has 0 saturated carbocycles. The van der Waals surface area contributed by atoms with Crippen molar-refractivity contribution in [2.45, 2.75) is 37.1 Å². The van der Waals surface area contributed by atoms with Crippen LogP contribution in [0, 0.1) is 0 Å². The Balaban J connectivity index is 2.04. The number of nitrogens with zero attached hydrogens (tertiary/aromatic N) is 1. The summed E-state index contributed by atoms with van der Waals surface area (Å²) in [4.78, 5) is 2.58. The van der Waals surface area contributed by atoms with E-state index < -0.39 is 10.0 Å². The number of halogens is 1. The first-order chi connectivity index (χ1) is 9.92. The van der Waals surface area contributed by atoms with Gasteiger partial charge in [0.1, 0.15) is 0 Å². The molecule has 1 aliphatic heterocycles. The summed E-state index contributed by atoms with van der Waals surface area (Å²) in [6.07, 6.45) is 2.82. The largest absolute Gasteiger partial charge is 0.399 e. The van der Waals surface area contributed by atoms with Gasteiger partial charge in [-0.25, -0.2) is 13.1 Å². The molecule has 5 nitrogen and oxygen atoms in total. The van der Waals surface area contributed by atoms with Crippen LogP contribution in [0.3, 0.4) is 0 Å². The van der Waals surface area contributed by atoms with Crippen LogP contribution >= 0.6 is 15.9 Å². The van der Waals surface area contributed by atoms with E-state index in [9.17, 15) is 8.42 Å². The zero-order valence-electron chi connectivity index (χ0n) is 12.2. The van der Waals surface area contributed by atoms with Gasteiger partial charge in [-0.3, -0.25) is 0 Å². The van der Waals surface area contributed by atoms with Gasteiger partial charge in [0.15, 0.2) is 0 Å². The Bertz CT molecular complexity index is 584. The van der Waals surface area contributed by atoms with Gasteiger partial charge in [0, 0.05) is 16.2 Å². The van der Waals surface area contributed by atoms with E-state index in [0.29, 0.717) is 10.2 Å². The maximum Gasteiger partial charge on any atom is 0.242 e. The first-order valence-electron chi connectivity index (χ1n) is 7.22. The Kier molecular flexibility index (Phi) is 5.65. The minimum atomic E-state index is -3.54. The third kappa shape index (κ3) is 4.42. The highest BCUT2D eigenvalue weighted by molar-refractivity contribution is 9.10. The fourth-order valence-electron chi connectivity index (χ4n) is 2.60. The van der Waals surface area contributed by atoms with Gasteiger partial charge in [0.25, 0.3) is 0 Å². The van der Waals surface area contributed by atoms with E-state index in [0.717, 1.165) is 38.9 Å². The summed E-state index contributed by atoms with van der Waals surface area (Å²) in [5.41, 5.74) is 6.13. The molecule has 0 atom stereocenters. The first kappa shape index (κ1) is 16.7. The van der Waals surface area contributed by atoms with Crippen molar-refractivity contribution in [2.75, 3.05) is 25.4 Å². The fraction of sp³-hybridized carbons (Fsp3) is 0.571. The summed E-state index contributed by atoms with van der Waals surface area (Å²) in [6.45, 7) is 5.13. The van der Waals surface area contributed by atoms with Crippen LogP contribution in [-0.2, 0) is 10.0 Å². The van der Waals surface area contributed by atoms with Crippen molar-refractivity contribution >= 4 is 31.6 Å². The number of rotatable bonds is 5. The van der Waals surface area contributed by atoms with E-state index in [-0.39, 0.29) is 10.9 Å². The van der Waals surface area contributed by atoms with E-state index in [2.05, 4.69) is 32.5 Å². The Labute approximate surface area is 135 Å². The van der Waals surface area contributed by atoms with Gasteiger partial charge in [-0.15, -0.1) is 0 Å². The number of benzene rings is 1. The molecule has 7 heteroatoms. The summed E-state index contributed by atoms with van der Waals surface area (Å²) in [5, 5.41) is 0. The SMILES string of the molecule is CCCN1CCC(NS(=O)(=O)c2cc(N)ccc2Br)CC1. The van der Waals surface area contributed by atoms with Crippen LogP contribution in [0.2, 0.25) is 0 Å². The lowest BCUT2D eigenvalue weighted by Gasteiger charge is -2.31. The molecular weight excluding hydrogens is 354 g/mol. The molecular formula is C14H22BrN3O2S. The average Bonchev–Trinajstić information content (AvgIpc) is 2.43. The number of nitrogens with two attached hydrogens (primary N) is 1. The van der Waals surface area contributed by atoms with Gasteiger partial charge >= 0.3 is 0 Å². The van der Waals surface area contributed by atoms with Gasteiger partial charge in [0.05, 0.1) is 4.90 Å². The highest BCUT2D eigenvalue weighted by Gasteiger charge is 2.25. The molecule has 1 fully saturated rings. The molecule has 118 valence electrons. The quantitative estimate of drug-likeness (QED) is 0.773. The van der Waals surface area contributed by atoms with E-state index >= 15 is 0 Å². The monoisotopic (exact) mass is 375 g/mol. The second-order valence-corrected chi connectivity index (χ2v) is 7.96. The smallest absolute Gasteiger partial charge is 0.242 e. The Morgan fingerprint density at radius 3 is 2.67 bits per heavy atom. The van der Waals surface area contributed by atoms with Gasteiger partial charge in [-0.2, -0.15) is 0 Å². The molecule has 0 aromatic heterocycles. The lowest BCUT2D eigenvalue weighted by Crippen LogP contribution is -2.44. The van der Waals surface area contributed by atoms with E-state index in [4.69, 9.17) is 5.73 Å². The molecule has 3 N–H and O–H groups in total. The van der Waals surface area contributed by atoms with Crippen LogP contribution in [0.1, 0.15) is 26.2 Å². The number of likely N-dealkylation sites (tertiary alicyclic amines) is 1. The summed E-state index contributed by atoms with van der Waals surface area (Å²) >= 11 is 3.28. The van der Waals surface area contributed by atoms with Crippen molar-refractivity contribution in [1.29, 1.82) is 0 Å². The Morgan fingerprint density at radius 1 is 1.38 bits per heavy atom. The number of hydrogen-bond acceptors (Lipinski definition) is 4. The molecule has 1 aliphatic rings. The molecule has 1 aromatic rings. The highest BCUT2D eigenvalue weighted by atomic mass is 79.9. The van der Waals surface area contributed by atoms with Gasteiger partial charge in [-0.1, -0.05) is 6.92 Å². The minimum Gasteiger partial charge on any atom is -0.399 e. The molecule has 0 unspecified atom stereocenters. The lowest BCUT2D eigenvalue weighted by molar-refractivity contribution is 0.208. The third-order valence-electron chi connectivity index (χ3n) is 3.69. The number of nitrogen functional groups attached to an aromatic ring is 1. The standard InChI is InChI=1S/C14H22BrN3O2S/c1-2-7-18-8-5-12(6-9-18)17-21(19,20)14-10-11(16)3-4-13(14)15/h3-4,10,12,17H,2,5-9,16H2,1H3. The summed E-state index contributed by atoms with van der Waals surface area (Å²) in [6, 6.07) is 4.81. The first-order valence-corrected chi connectivity index (χ1v) is 9.49. The molecule has 0 amide bonds. The summed E-state index contributed by atoms with van der Waals surface area (Å²) in [7, 11) is -3.54. The minimum absolute atomic E-state index is 0.00330. The molecule has 1 heterocycles. The van der Waals surface area contributed by atoms with Crippen molar-refractivity contribution in [3.8, 4) is 0 Å². The van der Waals surface area contributed by atoms with Crippen molar-refractivity contribution in [1.82, 2.24) is 9.62 Å². The number of hydrogen-bond donors (Lipinski definition) is 2. The molecule has 0 aliphatic carbocycles. The maximum atomic E-state index is 12.5. The second-order valence-electron chi connectivity index (χ2n) is 5.43. The second kappa shape index (κ2) is 7.09. The zero-order valence-corrected chi connectivity index (χ0v) is 14.6. The summed E-state index contributed by atoms with van der Waals surface area (Å²) in [5.74, 6) is 0. The van der Waals surface area contributed by atoms with Crippen LogP contribution in [0.25, 0.3) is 0 Å². The molecule has 0 radical (unpaired) electrons. The predicted molar refractivity (Wildman–Crippen MR) is 88.6 cm³/mol. The Hall–Kier alpha value is -0.630. The molecule has 0 spiro atoms. The fourth-order valence-corrected chi connectivity index (χ4v) is 4.90. The molecule has 21 heavy (non-hydrogen) atoms. The number of nitrogens with one attached hydrogen (secondary N) is 1. The van der Waals surface area contributed by atoms with Gasteiger partial charge in [0.2, 0.25) is 10.0 Å². The third-order valence-corrected chi connectivity index (χ3v) is 6.21. The van der Waals surface area contributed by atoms with E-state index in [1.807, 2.05) is 0 Å². The van der Waals surface area contributed by atoms with Crippen LogP contribution in [0.4, 0.5) is 5.69 Å². The van der Waals surface area contributed by atoms with Gasteiger partial charge in [-0.05, 0) is 73.0 Å². The molecule has 1 aromatic carbocycles. The van der Waals surface area contributed by atoms with Gasteiger partial charge < -0.3 is 10.6 Å². The van der Waals surface area contributed by atoms with Crippen LogP contribution in [0.5, 0.6) is 0 Å². The van der Waals surface area contributed by atoms with E-state index in [1.54, 1.807) is 12.1 Å². The highest BCUT2D eigenvalue weighted by Crippen LogP contribution is 2.25.